The molecule has 3 unspecified atom stereocenters. The highest BCUT2D eigenvalue weighted by molar-refractivity contribution is 7.13. The van der Waals surface area contributed by atoms with Gasteiger partial charge in [-0.25, -0.2) is 4.98 Å². The van der Waals surface area contributed by atoms with E-state index in [1.54, 1.807) is 19.2 Å². The van der Waals surface area contributed by atoms with Crippen LogP contribution in [0.2, 0.25) is 0 Å². The number of hydrogen-bond acceptors (Lipinski definition) is 5. The molecular formula is C23H29N3O3S. The molecule has 0 bridgehead atoms. The van der Waals surface area contributed by atoms with Crippen LogP contribution in [0.25, 0.3) is 0 Å². The molecule has 1 saturated heterocycles. The summed E-state index contributed by atoms with van der Waals surface area (Å²) in [5.74, 6) is 0.962. The summed E-state index contributed by atoms with van der Waals surface area (Å²) in [6.45, 7) is 4.16. The maximum Gasteiger partial charge on any atom is 0.258 e. The first kappa shape index (κ1) is 20.8. The van der Waals surface area contributed by atoms with Crippen molar-refractivity contribution in [3.63, 3.8) is 0 Å². The van der Waals surface area contributed by atoms with Gasteiger partial charge in [-0.05, 0) is 43.2 Å². The third-order valence-corrected chi connectivity index (χ3v) is 7.08. The van der Waals surface area contributed by atoms with Crippen LogP contribution in [0.4, 0.5) is 5.13 Å². The SMILES string of the molecule is COc1ccccc1C(=O)N1C(C(=O)Nc2nc(C(C)C)cs2)CC2CCCCC21. The third-order valence-electron chi connectivity index (χ3n) is 6.31. The van der Waals surface area contributed by atoms with Gasteiger partial charge in [-0.1, -0.05) is 38.8 Å². The largest absolute Gasteiger partial charge is 0.496 e. The second-order valence-electron chi connectivity index (χ2n) is 8.50. The zero-order chi connectivity index (χ0) is 21.3. The number of benzene rings is 1. The Kier molecular flexibility index (Phi) is 6.09. The molecular weight excluding hydrogens is 398 g/mol. The highest BCUT2D eigenvalue weighted by Crippen LogP contribution is 2.41. The summed E-state index contributed by atoms with van der Waals surface area (Å²) in [7, 11) is 1.57. The minimum Gasteiger partial charge on any atom is -0.496 e. The quantitative estimate of drug-likeness (QED) is 0.752. The first-order valence-corrected chi connectivity index (χ1v) is 11.6. The van der Waals surface area contributed by atoms with Gasteiger partial charge in [-0.3, -0.25) is 9.59 Å². The maximum atomic E-state index is 13.6. The number of para-hydroxylation sites is 1. The predicted molar refractivity (Wildman–Crippen MR) is 118 cm³/mol. The van der Waals surface area contributed by atoms with Crippen molar-refractivity contribution >= 4 is 28.3 Å². The third kappa shape index (κ3) is 3.95. The Balaban J connectivity index is 1.61. The number of nitrogens with zero attached hydrogens (tertiary/aromatic N) is 2. The standard InChI is InChI=1S/C23H29N3O3S/c1-14(2)17-13-30-23(24-17)25-21(27)19-12-15-8-4-6-10-18(15)26(19)22(28)16-9-5-7-11-20(16)29-3/h5,7,9,11,13-15,18-19H,4,6,8,10,12H2,1-3H3,(H,24,25,27). The average molecular weight is 428 g/mol. The van der Waals surface area contributed by atoms with Gasteiger partial charge in [0.1, 0.15) is 11.8 Å². The van der Waals surface area contributed by atoms with Crippen molar-refractivity contribution in [3.05, 3.63) is 40.9 Å². The summed E-state index contributed by atoms with van der Waals surface area (Å²) >= 11 is 1.44. The number of fused-ring (bicyclic) bond motifs is 1. The van der Waals surface area contributed by atoms with Crippen LogP contribution in [0, 0.1) is 5.92 Å². The fourth-order valence-electron chi connectivity index (χ4n) is 4.74. The monoisotopic (exact) mass is 427 g/mol. The van der Waals surface area contributed by atoms with Crippen LogP contribution in [0.15, 0.2) is 29.6 Å². The molecule has 2 amide bonds. The number of ether oxygens (including phenoxy) is 1. The normalized spacial score (nSPS) is 23.3. The predicted octanol–water partition coefficient (Wildman–Crippen LogP) is 4.69. The van der Waals surface area contributed by atoms with Gasteiger partial charge < -0.3 is 15.0 Å². The highest BCUT2D eigenvalue weighted by atomic mass is 32.1. The van der Waals surface area contributed by atoms with Crippen LogP contribution >= 0.6 is 11.3 Å². The molecule has 0 radical (unpaired) electrons. The van der Waals surface area contributed by atoms with E-state index in [9.17, 15) is 9.59 Å². The molecule has 1 saturated carbocycles. The van der Waals surface area contributed by atoms with Crippen molar-refractivity contribution in [2.45, 2.75) is 64.0 Å². The van der Waals surface area contributed by atoms with Crippen LogP contribution in [-0.2, 0) is 4.79 Å². The summed E-state index contributed by atoms with van der Waals surface area (Å²) in [6.07, 6.45) is 4.98. The molecule has 6 nitrogen and oxygen atoms in total. The summed E-state index contributed by atoms with van der Waals surface area (Å²) < 4.78 is 5.42. The number of likely N-dealkylation sites (tertiary alicyclic amines) is 1. The van der Waals surface area contributed by atoms with Crippen molar-refractivity contribution in [2.75, 3.05) is 12.4 Å². The van der Waals surface area contributed by atoms with E-state index in [2.05, 4.69) is 24.1 Å². The fourth-order valence-corrected chi connectivity index (χ4v) is 5.62. The molecule has 30 heavy (non-hydrogen) atoms. The topological polar surface area (TPSA) is 71.5 Å². The van der Waals surface area contributed by atoms with E-state index in [1.165, 1.54) is 11.3 Å². The van der Waals surface area contributed by atoms with Crippen LogP contribution in [0.3, 0.4) is 0 Å². The Morgan fingerprint density at radius 3 is 2.73 bits per heavy atom. The van der Waals surface area contributed by atoms with Crippen molar-refractivity contribution in [2.24, 2.45) is 5.92 Å². The van der Waals surface area contributed by atoms with E-state index in [0.717, 1.165) is 31.4 Å². The molecule has 2 aromatic rings. The maximum absolute atomic E-state index is 13.6. The number of amides is 2. The second-order valence-corrected chi connectivity index (χ2v) is 9.36. The number of anilines is 1. The lowest BCUT2D eigenvalue weighted by Crippen LogP contribution is -2.48. The molecule has 1 aliphatic carbocycles. The summed E-state index contributed by atoms with van der Waals surface area (Å²) in [5.41, 5.74) is 1.48. The van der Waals surface area contributed by atoms with Gasteiger partial charge in [0.15, 0.2) is 5.13 Å². The minimum atomic E-state index is -0.484. The average Bonchev–Trinajstić information content (AvgIpc) is 3.38. The Bertz CT molecular complexity index is 926. The molecule has 1 N–H and O–H groups in total. The first-order valence-electron chi connectivity index (χ1n) is 10.7. The Labute approximate surface area is 181 Å². The Morgan fingerprint density at radius 1 is 1.23 bits per heavy atom. The van der Waals surface area contributed by atoms with Crippen LogP contribution in [0.5, 0.6) is 5.75 Å². The summed E-state index contributed by atoms with van der Waals surface area (Å²) in [5, 5.41) is 5.56. The van der Waals surface area contributed by atoms with E-state index in [4.69, 9.17) is 4.74 Å². The number of methoxy groups -OCH3 is 1. The van der Waals surface area contributed by atoms with Crippen molar-refractivity contribution in [1.29, 1.82) is 0 Å². The molecule has 7 heteroatoms. The molecule has 1 aromatic carbocycles. The minimum absolute atomic E-state index is 0.106. The van der Waals surface area contributed by atoms with Crippen molar-refractivity contribution in [3.8, 4) is 5.75 Å². The van der Waals surface area contributed by atoms with Gasteiger partial charge in [0.05, 0.1) is 18.4 Å². The van der Waals surface area contributed by atoms with Crippen molar-refractivity contribution < 1.29 is 14.3 Å². The van der Waals surface area contributed by atoms with Gasteiger partial charge in [0.2, 0.25) is 5.91 Å². The van der Waals surface area contributed by atoms with Gasteiger partial charge >= 0.3 is 0 Å². The number of nitrogens with one attached hydrogen (secondary N) is 1. The zero-order valence-electron chi connectivity index (χ0n) is 17.8. The van der Waals surface area contributed by atoms with E-state index in [-0.39, 0.29) is 17.9 Å². The smallest absolute Gasteiger partial charge is 0.258 e. The molecule has 1 aromatic heterocycles. The molecule has 0 spiro atoms. The van der Waals surface area contributed by atoms with Crippen LogP contribution in [0.1, 0.15) is 67.9 Å². The Hall–Kier alpha value is -2.41. The summed E-state index contributed by atoms with van der Waals surface area (Å²) in [6, 6.07) is 6.88. The van der Waals surface area contributed by atoms with E-state index in [0.29, 0.717) is 34.7 Å². The number of thiazole rings is 1. The van der Waals surface area contributed by atoms with Gasteiger partial charge in [-0.2, -0.15) is 0 Å². The molecule has 4 rings (SSSR count). The molecule has 2 aliphatic rings. The van der Waals surface area contributed by atoms with Gasteiger partial charge in [-0.15, -0.1) is 11.3 Å². The van der Waals surface area contributed by atoms with E-state index in [1.807, 2.05) is 22.4 Å². The zero-order valence-corrected chi connectivity index (χ0v) is 18.6. The molecule has 2 fully saturated rings. The van der Waals surface area contributed by atoms with E-state index >= 15 is 0 Å². The van der Waals surface area contributed by atoms with Crippen LogP contribution < -0.4 is 10.1 Å². The fraction of sp³-hybridized carbons (Fsp3) is 0.522. The Morgan fingerprint density at radius 2 is 2.00 bits per heavy atom. The summed E-state index contributed by atoms with van der Waals surface area (Å²) in [4.78, 5) is 33.2. The number of carbonyl (C=O) groups excluding carboxylic acids is 2. The molecule has 3 atom stereocenters. The lowest BCUT2D eigenvalue weighted by Gasteiger charge is -2.33. The number of aromatic nitrogens is 1. The number of carbonyl (C=O) groups is 2. The molecule has 160 valence electrons. The lowest BCUT2D eigenvalue weighted by molar-refractivity contribution is -0.120. The molecule has 1 aliphatic heterocycles. The van der Waals surface area contributed by atoms with Gasteiger partial charge in [0.25, 0.3) is 5.91 Å². The highest BCUT2D eigenvalue weighted by Gasteiger charge is 2.48. The molecule has 2 heterocycles. The lowest BCUT2D eigenvalue weighted by atomic mass is 9.84. The van der Waals surface area contributed by atoms with Crippen molar-refractivity contribution in [1.82, 2.24) is 9.88 Å². The van der Waals surface area contributed by atoms with Crippen LogP contribution in [-0.4, -0.2) is 40.9 Å². The van der Waals surface area contributed by atoms with E-state index < -0.39 is 6.04 Å². The second kappa shape index (κ2) is 8.76. The first-order chi connectivity index (χ1) is 14.5. The van der Waals surface area contributed by atoms with Gasteiger partial charge in [0, 0.05) is 11.4 Å². The number of hydrogen-bond donors (Lipinski definition) is 1. The number of rotatable bonds is 5.